The predicted molar refractivity (Wildman–Crippen MR) is 167 cm³/mol. The van der Waals surface area contributed by atoms with Gasteiger partial charge in [0.25, 0.3) is 17.6 Å². The zero-order valence-corrected chi connectivity index (χ0v) is 26.5. The summed E-state index contributed by atoms with van der Waals surface area (Å²) in [4.78, 5) is 62.9. The van der Waals surface area contributed by atoms with Gasteiger partial charge in [-0.05, 0) is 50.7 Å². The molecule has 0 bridgehead atoms. The van der Waals surface area contributed by atoms with Crippen LogP contribution in [0.25, 0.3) is 10.9 Å². The molecule has 0 N–H and O–H groups in total. The summed E-state index contributed by atoms with van der Waals surface area (Å²) in [7, 11) is 5.13. The third-order valence-electron chi connectivity index (χ3n) is 8.62. The first-order chi connectivity index (χ1) is 20.8. The van der Waals surface area contributed by atoms with Crippen LogP contribution in [0.5, 0.6) is 0 Å². The molecule has 5 rings (SSSR count). The van der Waals surface area contributed by atoms with Crippen LogP contribution in [0.2, 0.25) is 5.02 Å². The second-order valence-corrected chi connectivity index (χ2v) is 12.5. The molecule has 0 radical (unpaired) electrons. The molecular formula is C32H38ClFN6O4. The van der Waals surface area contributed by atoms with E-state index in [1.807, 2.05) is 20.9 Å². The number of hydrogen-bond donors (Lipinski definition) is 0. The van der Waals surface area contributed by atoms with Crippen molar-refractivity contribution in [1.29, 1.82) is 0 Å². The number of piperazine rings is 2. The second-order valence-electron chi connectivity index (χ2n) is 12.1. The van der Waals surface area contributed by atoms with E-state index in [0.717, 1.165) is 5.56 Å². The Bertz CT molecular complexity index is 1600. The largest absolute Gasteiger partial charge is 0.333 e. The van der Waals surface area contributed by atoms with Crippen LogP contribution in [-0.4, -0.2) is 125 Å². The van der Waals surface area contributed by atoms with E-state index in [0.29, 0.717) is 56.7 Å². The lowest BCUT2D eigenvalue weighted by atomic mass is 10.0. The molecule has 2 fully saturated rings. The molecule has 1 aromatic heterocycles. The summed E-state index contributed by atoms with van der Waals surface area (Å²) in [5.74, 6) is -1.96. The number of amides is 3. The van der Waals surface area contributed by atoms with Gasteiger partial charge in [0, 0.05) is 83.6 Å². The molecule has 2 aliphatic rings. The van der Waals surface area contributed by atoms with Gasteiger partial charge in [0.1, 0.15) is 5.82 Å². The Morgan fingerprint density at radius 1 is 0.932 bits per heavy atom. The molecular weight excluding hydrogens is 587 g/mol. The summed E-state index contributed by atoms with van der Waals surface area (Å²) in [6.07, 6.45) is 1.37. The number of fused-ring (bicyclic) bond motifs is 1. The fourth-order valence-electron chi connectivity index (χ4n) is 5.91. The summed E-state index contributed by atoms with van der Waals surface area (Å²) < 4.78 is 14.7. The van der Waals surface area contributed by atoms with E-state index in [9.17, 15) is 23.6 Å². The van der Waals surface area contributed by atoms with Crippen LogP contribution >= 0.6 is 11.6 Å². The number of halogens is 2. The first-order valence-corrected chi connectivity index (χ1v) is 15.1. The molecule has 2 aromatic carbocycles. The number of Topliss-reactive ketones (excluding diaryl/α,β-unsaturated/α-hetero) is 1. The summed E-state index contributed by atoms with van der Waals surface area (Å²) >= 11 is 6.70. The topological polar surface area (TPSA) is 89.4 Å². The van der Waals surface area contributed by atoms with E-state index in [1.54, 1.807) is 31.1 Å². The second kappa shape index (κ2) is 12.7. The molecule has 0 unspecified atom stereocenters. The molecule has 234 valence electrons. The molecule has 12 heteroatoms. The third-order valence-corrected chi connectivity index (χ3v) is 8.93. The first kappa shape index (κ1) is 31.6. The standard InChI is InChI=1S/C32H38ClFN6O4/c1-20-17-39(21(2)16-38(20)18-22-6-8-23(34)9-7-22)30(42)25-14-24-26(29(41)31(43)37-12-10-36(5)11-13-37)19-40(32(44)35(3)4)28(24)15-27(25)33/h6-9,14-15,19-21H,10-13,16-18H2,1-5H3/t20-,21+/m0/s1. The maximum absolute atomic E-state index is 14.0. The average molecular weight is 625 g/mol. The average Bonchev–Trinajstić information content (AvgIpc) is 3.36. The fraction of sp³-hybridized carbons (Fsp3) is 0.438. The van der Waals surface area contributed by atoms with Gasteiger partial charge >= 0.3 is 6.03 Å². The Morgan fingerprint density at radius 3 is 2.23 bits per heavy atom. The van der Waals surface area contributed by atoms with Crippen LogP contribution in [-0.2, 0) is 11.3 Å². The first-order valence-electron chi connectivity index (χ1n) is 14.7. The quantitative estimate of drug-likeness (QED) is 0.318. The molecule has 2 atom stereocenters. The minimum absolute atomic E-state index is 0.0138. The van der Waals surface area contributed by atoms with Gasteiger partial charge in [0.2, 0.25) is 0 Å². The lowest BCUT2D eigenvalue weighted by Gasteiger charge is -2.44. The maximum Gasteiger partial charge on any atom is 0.328 e. The fourth-order valence-corrected chi connectivity index (χ4v) is 6.15. The molecule has 2 saturated heterocycles. The molecule has 3 heterocycles. The Kier molecular flexibility index (Phi) is 9.10. The van der Waals surface area contributed by atoms with Gasteiger partial charge < -0.3 is 19.6 Å². The molecule has 0 aliphatic carbocycles. The van der Waals surface area contributed by atoms with Gasteiger partial charge in [-0.15, -0.1) is 0 Å². The molecule has 10 nitrogen and oxygen atoms in total. The summed E-state index contributed by atoms with van der Waals surface area (Å²) in [6, 6.07) is 8.89. The lowest BCUT2D eigenvalue weighted by molar-refractivity contribution is -0.127. The minimum Gasteiger partial charge on any atom is -0.333 e. The van der Waals surface area contributed by atoms with Crippen molar-refractivity contribution in [3.8, 4) is 0 Å². The van der Waals surface area contributed by atoms with Gasteiger partial charge in [-0.3, -0.25) is 23.9 Å². The van der Waals surface area contributed by atoms with Gasteiger partial charge in [0.15, 0.2) is 0 Å². The molecule has 3 amide bonds. The summed E-state index contributed by atoms with van der Waals surface area (Å²) in [5, 5.41) is 0.461. The number of carbonyl (C=O) groups excluding carboxylic acids is 4. The van der Waals surface area contributed by atoms with Crippen molar-refractivity contribution in [2.75, 3.05) is 60.4 Å². The van der Waals surface area contributed by atoms with Crippen molar-refractivity contribution in [1.82, 2.24) is 29.1 Å². The van der Waals surface area contributed by atoms with Gasteiger partial charge in [-0.2, -0.15) is 0 Å². The van der Waals surface area contributed by atoms with Crippen molar-refractivity contribution in [3.63, 3.8) is 0 Å². The molecule has 2 aliphatic heterocycles. The number of carbonyl (C=O) groups is 4. The van der Waals surface area contributed by atoms with E-state index in [-0.39, 0.29) is 40.0 Å². The van der Waals surface area contributed by atoms with E-state index < -0.39 is 17.7 Å². The smallest absolute Gasteiger partial charge is 0.328 e. The highest BCUT2D eigenvalue weighted by Crippen LogP contribution is 2.31. The lowest BCUT2D eigenvalue weighted by Crippen LogP contribution is -2.57. The highest BCUT2D eigenvalue weighted by atomic mass is 35.5. The third kappa shape index (κ3) is 6.22. The van der Waals surface area contributed by atoms with Crippen LogP contribution in [0.4, 0.5) is 9.18 Å². The van der Waals surface area contributed by atoms with E-state index in [2.05, 4.69) is 9.80 Å². The highest BCUT2D eigenvalue weighted by molar-refractivity contribution is 6.45. The van der Waals surface area contributed by atoms with E-state index in [4.69, 9.17) is 11.6 Å². The SMILES string of the molecule is C[C@@H]1CN(Cc2ccc(F)cc2)[C@@H](C)CN1C(=O)c1cc2c(C(=O)C(=O)N3CCN(C)CC3)cn(C(=O)N(C)C)c2cc1Cl. The molecule has 0 spiro atoms. The van der Waals surface area contributed by atoms with E-state index in [1.165, 1.54) is 44.8 Å². The van der Waals surface area contributed by atoms with Crippen molar-refractivity contribution in [3.05, 3.63) is 70.1 Å². The number of benzene rings is 2. The number of rotatable bonds is 5. The Balaban J connectivity index is 1.45. The molecule has 0 saturated carbocycles. The van der Waals surface area contributed by atoms with Gasteiger partial charge in [0.05, 0.1) is 21.7 Å². The number of nitrogens with zero attached hydrogens (tertiary/aromatic N) is 6. The summed E-state index contributed by atoms with van der Waals surface area (Å²) in [6.45, 7) is 7.82. The maximum atomic E-state index is 14.0. The van der Waals surface area contributed by atoms with Crippen LogP contribution < -0.4 is 0 Å². The van der Waals surface area contributed by atoms with Gasteiger partial charge in [-0.1, -0.05) is 23.7 Å². The van der Waals surface area contributed by atoms with Crippen molar-refractivity contribution in [2.24, 2.45) is 0 Å². The van der Waals surface area contributed by atoms with Crippen molar-refractivity contribution < 1.29 is 23.6 Å². The number of ketones is 1. The normalized spacial score (nSPS) is 19.8. The zero-order valence-electron chi connectivity index (χ0n) is 25.7. The Hall–Kier alpha value is -3.80. The number of aromatic nitrogens is 1. The Morgan fingerprint density at radius 2 is 1.59 bits per heavy atom. The van der Waals surface area contributed by atoms with Crippen LogP contribution in [0.1, 0.15) is 40.1 Å². The molecule has 44 heavy (non-hydrogen) atoms. The van der Waals surface area contributed by atoms with Crippen molar-refractivity contribution in [2.45, 2.75) is 32.5 Å². The van der Waals surface area contributed by atoms with Crippen LogP contribution in [0.3, 0.4) is 0 Å². The molecule has 3 aromatic rings. The predicted octanol–water partition coefficient (Wildman–Crippen LogP) is 3.66. The zero-order chi connectivity index (χ0) is 31.9. The Labute approximate surface area is 261 Å². The van der Waals surface area contributed by atoms with E-state index >= 15 is 0 Å². The van der Waals surface area contributed by atoms with Crippen molar-refractivity contribution >= 4 is 46.1 Å². The minimum atomic E-state index is -0.734. The monoisotopic (exact) mass is 624 g/mol. The van der Waals surface area contributed by atoms with Crippen LogP contribution in [0, 0.1) is 5.82 Å². The number of likely N-dealkylation sites (N-methyl/N-ethyl adjacent to an activating group) is 1. The highest BCUT2D eigenvalue weighted by Gasteiger charge is 2.35. The summed E-state index contributed by atoms with van der Waals surface area (Å²) in [5.41, 5.74) is 1.57. The van der Waals surface area contributed by atoms with Crippen LogP contribution in [0.15, 0.2) is 42.6 Å². The van der Waals surface area contributed by atoms with Gasteiger partial charge in [-0.25, -0.2) is 9.18 Å². The number of hydrogen-bond acceptors (Lipinski definition) is 6.